The topological polar surface area (TPSA) is 194 Å². The zero-order valence-electron chi connectivity index (χ0n) is 55.5. The van der Waals surface area contributed by atoms with Crippen molar-refractivity contribution in [2.75, 3.05) is 23.0 Å². The minimum absolute atomic E-state index is 0. The van der Waals surface area contributed by atoms with E-state index >= 15 is 0 Å². The zero-order valence-corrected chi connectivity index (χ0v) is 66.3. The molecule has 93 heavy (non-hydrogen) atoms. The smallest absolute Gasteiger partial charge is 0.488 e. The Morgan fingerprint density at radius 1 is 0.570 bits per heavy atom. The monoisotopic (exact) mass is 1810 g/mol. The Balaban J connectivity index is 0.000000197. The summed E-state index contributed by atoms with van der Waals surface area (Å²) in [5.74, 6) is 1.23. The molecule has 2 amide bonds. The Labute approximate surface area is 609 Å². The van der Waals surface area contributed by atoms with E-state index in [1.807, 2.05) is 89.2 Å². The van der Waals surface area contributed by atoms with Gasteiger partial charge in [-0.15, -0.1) is 33.9 Å². The van der Waals surface area contributed by atoms with Crippen molar-refractivity contribution in [2.24, 2.45) is 0 Å². The van der Waals surface area contributed by atoms with E-state index in [1.54, 1.807) is 62.1 Å². The molecule has 0 N–H and O–H groups in total. The van der Waals surface area contributed by atoms with Crippen molar-refractivity contribution < 1.29 is 119 Å². The van der Waals surface area contributed by atoms with E-state index in [-0.39, 0.29) is 138 Å². The van der Waals surface area contributed by atoms with Gasteiger partial charge in [0.15, 0.2) is 0 Å². The molecule has 0 aliphatic carbocycles. The van der Waals surface area contributed by atoms with Crippen LogP contribution in [0.1, 0.15) is 139 Å². The molecule has 5 saturated heterocycles. The van der Waals surface area contributed by atoms with Crippen LogP contribution in [0.25, 0.3) is 11.1 Å². The number of aromatic nitrogens is 6. The molecule has 2 aromatic heterocycles. The Morgan fingerprint density at radius 2 is 0.968 bits per heavy atom. The average molecular weight is 1810 g/mol. The molecule has 0 unspecified atom stereocenters. The molecule has 7 aliphatic rings. The van der Waals surface area contributed by atoms with E-state index in [0.717, 1.165) is 9.94 Å². The van der Waals surface area contributed by atoms with Gasteiger partial charge in [-0.2, -0.15) is 18.2 Å². The summed E-state index contributed by atoms with van der Waals surface area (Å²) in [6.07, 6.45) is 5.18. The first kappa shape index (κ1) is 78.3. The molecule has 27 heteroatoms. The third-order valence-electron chi connectivity index (χ3n) is 18.1. The predicted octanol–water partition coefficient (Wildman–Crippen LogP) is 12.4. The number of fused-ring (bicyclic) bond motifs is 6. The maximum absolute atomic E-state index is 12.6. The molecule has 4 atom stereocenters. The Hall–Kier alpha value is -3.73. The fourth-order valence-electron chi connectivity index (χ4n) is 11.6. The van der Waals surface area contributed by atoms with Gasteiger partial charge in [-0.3, -0.25) is 0 Å². The van der Waals surface area contributed by atoms with Crippen LogP contribution in [0.4, 0.5) is 21.0 Å². The summed E-state index contributed by atoms with van der Waals surface area (Å²) in [6.45, 7) is 40.1. The Morgan fingerprint density at radius 3 is 1.39 bits per heavy atom. The molecule has 6 aromatic rings. The molecule has 498 valence electrons. The molecule has 0 radical (unpaired) electrons. The van der Waals surface area contributed by atoms with Crippen molar-refractivity contribution in [3.8, 4) is 22.6 Å². The number of benzene rings is 4. The molecular formula is C66H91B3BrN8O12PU2-2. The number of hydrogen-bond acceptors (Lipinski definition) is 16. The first-order chi connectivity index (χ1) is 41.6. The van der Waals surface area contributed by atoms with E-state index in [1.165, 1.54) is 16.4 Å². The standard InChI is InChI=1S/C20H27P.C19H22BN4O5.C13H10BrN4O3.C12H24B2O4.2CH4.2U/c1-19(2,3)21(20(4,5)6)18-15-11-10-14-17(18)16-12-8-7-9-13-16;1-18(2)19(3,4)29-20(28-18)12-5-6-13-15(9-12)26-11-14-16(27-17(25)24(13)14)10-23-8-7-21-22-23;14-8-1-2-9-11(5-8)20-7-10-12(21-13(19)18(9)10)6-17-4-3-15-16-17;1-9(2)10(3,4)16-13(15-9)14-17-11(5,6)12(7,8)18-14;;;;/h7-15H,1-6H3;6-9,14,16H,10-11H2,1-4H3;2-5,10,12H,6-7H2;1-8H3;2*1H4;;/q;2*-1;;;;;/t;14-,16-;10-,12-;;;;;/m.00...../s1. The van der Waals surface area contributed by atoms with E-state index in [9.17, 15) is 9.59 Å². The predicted molar refractivity (Wildman–Crippen MR) is 362 cm³/mol. The summed E-state index contributed by atoms with van der Waals surface area (Å²) in [5, 5.41) is 17.5. The summed E-state index contributed by atoms with van der Waals surface area (Å²) in [5.41, 5.74) is 2.44. The van der Waals surface area contributed by atoms with E-state index in [2.05, 4.69) is 145 Å². The maximum Gasteiger partial charge on any atom is 0.488 e. The number of ether oxygens (including phenoxy) is 4. The molecule has 9 heterocycles. The summed E-state index contributed by atoms with van der Waals surface area (Å²) in [6, 6.07) is 32.6. The fourth-order valence-corrected chi connectivity index (χ4v) is 16.1. The van der Waals surface area contributed by atoms with Crippen molar-refractivity contribution in [3.05, 3.63) is 120 Å². The SMILES string of the molecule is C.C.CC(C)(C)P(c1ccccc1-c1ccccc1)C(C)(C)C.CC1(C)OB(B2OC(C)(C)C(C)(C)O2)OC1(C)C.CC1(C)OB(c2[c-]cc3c(c2)OC[C@H]2[C@H](Cn4ccnn4)OC(=O)N32)OC1(C)C.O=C1O[C@@H](Cn2ccnn2)[C@@H]2COc3cc(Br)[c-]cc3N12.[U].[U]. The summed E-state index contributed by atoms with van der Waals surface area (Å²) < 4.78 is 62.9. The number of nitrogens with zero attached hydrogens (tertiary/aromatic N) is 8. The van der Waals surface area contributed by atoms with Crippen molar-refractivity contribution in [1.82, 2.24) is 30.0 Å². The number of anilines is 2. The summed E-state index contributed by atoms with van der Waals surface area (Å²) in [4.78, 5) is 28.0. The molecule has 7 aliphatic heterocycles. The second-order valence-corrected chi connectivity index (χ2v) is 32.8. The molecule has 4 aromatic carbocycles. The minimum atomic E-state index is -0.544. The van der Waals surface area contributed by atoms with Crippen LogP contribution in [0, 0.1) is 74.4 Å². The first-order valence-corrected chi connectivity index (χ1v) is 32.4. The molecular weight excluding hydrogens is 1720 g/mol. The van der Waals surface area contributed by atoms with Gasteiger partial charge in [0.05, 0.1) is 59.1 Å². The van der Waals surface area contributed by atoms with Gasteiger partial charge in [0.25, 0.3) is 0 Å². The van der Waals surface area contributed by atoms with Crippen LogP contribution in [0.15, 0.2) is 108 Å². The second-order valence-electron chi connectivity index (χ2n) is 28.2. The van der Waals surface area contributed by atoms with E-state index in [0.29, 0.717) is 59.5 Å². The Kier molecular flexibility index (Phi) is 25.1. The molecule has 5 fully saturated rings. The number of hydrogen-bond donors (Lipinski definition) is 0. The third kappa shape index (κ3) is 16.7. The fraction of sp³-hybridized carbons (Fsp3) is 0.545. The van der Waals surface area contributed by atoms with Gasteiger partial charge < -0.3 is 56.7 Å². The van der Waals surface area contributed by atoms with Gasteiger partial charge in [0, 0.05) is 86.1 Å². The van der Waals surface area contributed by atoms with Crippen LogP contribution in [0.3, 0.4) is 0 Å². The number of cyclic esters (lactones) is 2. The van der Waals surface area contributed by atoms with Gasteiger partial charge in [0.2, 0.25) is 0 Å². The van der Waals surface area contributed by atoms with Gasteiger partial charge >= 0.3 is 33.3 Å². The molecule has 0 spiro atoms. The van der Waals surface area contributed by atoms with E-state index < -0.39 is 38.4 Å². The van der Waals surface area contributed by atoms with Crippen LogP contribution in [-0.2, 0) is 50.5 Å². The number of amides is 2. The molecule has 20 nitrogen and oxygen atoms in total. The average Bonchev–Trinajstić information content (AvgIpc) is 1.67. The second kappa shape index (κ2) is 29.8. The normalized spacial score (nSPS) is 22.6. The quantitative estimate of drug-likeness (QED) is 0.0792. The van der Waals surface area contributed by atoms with Crippen LogP contribution >= 0.6 is 23.9 Å². The van der Waals surface area contributed by atoms with Crippen molar-refractivity contribution in [2.45, 2.75) is 221 Å². The first-order valence-electron chi connectivity index (χ1n) is 30.3. The van der Waals surface area contributed by atoms with Gasteiger partial charge in [-0.25, -0.2) is 19.0 Å². The number of carbonyl (C=O) groups excluding carboxylic acids is 2. The number of carbonyl (C=O) groups is 2. The van der Waals surface area contributed by atoms with Gasteiger partial charge in [-0.1, -0.05) is 150 Å². The van der Waals surface area contributed by atoms with Crippen LogP contribution in [0.2, 0.25) is 0 Å². The molecule has 0 bridgehead atoms. The number of halogens is 1. The Bertz CT molecular complexity index is 3400. The largest absolute Gasteiger partial charge is 0.515 e. The van der Waals surface area contributed by atoms with Crippen molar-refractivity contribution >= 4 is 79.3 Å². The third-order valence-corrected chi connectivity index (χ3v) is 22.1. The van der Waals surface area contributed by atoms with Crippen LogP contribution in [0.5, 0.6) is 11.5 Å². The maximum atomic E-state index is 12.6. The van der Waals surface area contributed by atoms with Gasteiger partial charge in [-0.05, 0) is 121 Å². The molecule has 0 saturated carbocycles. The van der Waals surface area contributed by atoms with Crippen LogP contribution in [-0.4, -0.2) is 145 Å². The van der Waals surface area contributed by atoms with Crippen molar-refractivity contribution in [1.29, 1.82) is 0 Å². The van der Waals surface area contributed by atoms with Gasteiger partial charge in [0.1, 0.15) is 37.5 Å². The summed E-state index contributed by atoms with van der Waals surface area (Å²) in [7, 11) is -1.78. The number of rotatable bonds is 8. The van der Waals surface area contributed by atoms with Crippen molar-refractivity contribution in [3.63, 3.8) is 0 Å². The zero-order chi connectivity index (χ0) is 64.4. The summed E-state index contributed by atoms with van der Waals surface area (Å²) >= 11 is 3.34. The molecule has 13 rings (SSSR count). The van der Waals surface area contributed by atoms with Crippen LogP contribution < -0.4 is 30.0 Å². The van der Waals surface area contributed by atoms with E-state index in [4.69, 9.17) is 46.9 Å². The minimum Gasteiger partial charge on any atom is -0.515 e.